The average molecular weight is 408 g/mol. The third kappa shape index (κ3) is 2.99. The Morgan fingerprint density at radius 3 is 2.39 bits per heavy atom. The van der Waals surface area contributed by atoms with E-state index in [9.17, 15) is 19.1 Å². The first kappa shape index (κ1) is 19.8. The summed E-state index contributed by atoms with van der Waals surface area (Å²) in [4.78, 5) is 27.6. The van der Waals surface area contributed by atoms with Crippen molar-refractivity contribution in [2.45, 2.75) is 20.8 Å². The molecule has 0 aliphatic heterocycles. The maximum Gasteiger partial charge on any atom is 0.356 e. The van der Waals surface area contributed by atoms with Crippen LogP contribution in [-0.4, -0.2) is 26.5 Å². The number of aromatic carboxylic acids is 1. The van der Waals surface area contributed by atoms with Gasteiger partial charge in [-0.05, 0) is 12.1 Å². The van der Waals surface area contributed by atoms with Crippen molar-refractivity contribution in [2.24, 2.45) is 5.41 Å². The van der Waals surface area contributed by atoms with Crippen LogP contribution in [-0.2, 0) is 0 Å². The quantitative estimate of drug-likeness (QED) is 0.646. The third-order valence-electron chi connectivity index (χ3n) is 4.22. The second-order valence-corrected chi connectivity index (χ2v) is 7.64. The Hall–Kier alpha value is -3.00. The first-order chi connectivity index (χ1) is 12.9. The summed E-state index contributed by atoms with van der Waals surface area (Å²) >= 11 is 5.74. The molecule has 2 aromatic heterocycles. The second kappa shape index (κ2) is 6.56. The fraction of sp³-hybridized carbons (Fsp3) is 0.211. The molecular formula is C19H16ClF2N3O3. The molecule has 6 nitrogen and oxygen atoms in total. The summed E-state index contributed by atoms with van der Waals surface area (Å²) in [5, 5.41) is 9.05. The Labute approximate surface area is 163 Å². The van der Waals surface area contributed by atoms with Crippen LogP contribution in [0.2, 0.25) is 5.02 Å². The van der Waals surface area contributed by atoms with Crippen LogP contribution in [0, 0.1) is 17.0 Å². The maximum absolute atomic E-state index is 15.3. The molecule has 3 aromatic rings. The van der Waals surface area contributed by atoms with Crippen LogP contribution in [0.4, 0.5) is 14.5 Å². The molecule has 0 saturated carbocycles. The van der Waals surface area contributed by atoms with E-state index in [0.29, 0.717) is 5.39 Å². The predicted octanol–water partition coefficient (Wildman–Crippen LogP) is 4.60. The van der Waals surface area contributed by atoms with Gasteiger partial charge >= 0.3 is 5.97 Å². The van der Waals surface area contributed by atoms with Gasteiger partial charge in [-0.25, -0.2) is 18.6 Å². The molecule has 0 spiro atoms. The molecule has 3 rings (SSSR count). The first-order valence-corrected chi connectivity index (χ1v) is 8.55. The SMILES string of the molecule is CC(C)(C)C(=O)n1ccc2ccc(-c3nc(C(=O)O)c(Cl)c(N)c3F)c(F)c21. The van der Waals surface area contributed by atoms with Crippen molar-refractivity contribution in [1.29, 1.82) is 0 Å². The van der Waals surface area contributed by atoms with Gasteiger partial charge in [-0.2, -0.15) is 0 Å². The van der Waals surface area contributed by atoms with E-state index >= 15 is 4.39 Å². The molecular weight excluding hydrogens is 392 g/mol. The number of hydrogen-bond acceptors (Lipinski definition) is 4. The van der Waals surface area contributed by atoms with E-state index in [-0.39, 0.29) is 17.0 Å². The molecule has 2 heterocycles. The van der Waals surface area contributed by atoms with E-state index in [0.717, 1.165) is 4.57 Å². The number of nitrogens with zero attached hydrogens (tertiary/aromatic N) is 2. The van der Waals surface area contributed by atoms with Gasteiger partial charge in [0.1, 0.15) is 5.69 Å². The van der Waals surface area contributed by atoms with Crippen molar-refractivity contribution in [2.75, 3.05) is 5.73 Å². The van der Waals surface area contributed by atoms with Gasteiger partial charge in [0.2, 0.25) is 5.91 Å². The predicted molar refractivity (Wildman–Crippen MR) is 102 cm³/mol. The van der Waals surface area contributed by atoms with E-state index in [2.05, 4.69) is 4.98 Å². The highest BCUT2D eigenvalue weighted by atomic mass is 35.5. The van der Waals surface area contributed by atoms with Crippen LogP contribution in [0.3, 0.4) is 0 Å². The number of carbonyl (C=O) groups excluding carboxylic acids is 1. The normalized spacial score (nSPS) is 11.8. The largest absolute Gasteiger partial charge is 0.476 e. The fourth-order valence-electron chi connectivity index (χ4n) is 2.78. The van der Waals surface area contributed by atoms with Crippen LogP contribution >= 0.6 is 11.6 Å². The van der Waals surface area contributed by atoms with E-state index in [1.165, 1.54) is 18.3 Å². The number of carboxylic acids is 1. The minimum atomic E-state index is -1.54. The Morgan fingerprint density at radius 1 is 1.18 bits per heavy atom. The van der Waals surface area contributed by atoms with Gasteiger partial charge in [-0.3, -0.25) is 9.36 Å². The fourth-order valence-corrected chi connectivity index (χ4v) is 2.99. The summed E-state index contributed by atoms with van der Waals surface area (Å²) in [7, 11) is 0. The second-order valence-electron chi connectivity index (χ2n) is 7.26. The average Bonchev–Trinajstić information content (AvgIpc) is 3.04. The molecule has 0 atom stereocenters. The number of anilines is 1. The highest BCUT2D eigenvalue weighted by Crippen LogP contribution is 2.36. The summed E-state index contributed by atoms with van der Waals surface area (Å²) in [6.45, 7) is 5.05. The molecule has 0 aliphatic carbocycles. The van der Waals surface area contributed by atoms with Crippen molar-refractivity contribution < 1.29 is 23.5 Å². The first-order valence-electron chi connectivity index (χ1n) is 8.17. The number of benzene rings is 1. The van der Waals surface area contributed by atoms with Crippen LogP contribution in [0.5, 0.6) is 0 Å². The molecule has 3 N–H and O–H groups in total. The number of pyridine rings is 1. The number of halogens is 3. The van der Waals surface area contributed by atoms with Gasteiger partial charge in [0.15, 0.2) is 17.3 Å². The molecule has 0 saturated heterocycles. The summed E-state index contributed by atoms with van der Waals surface area (Å²) in [6, 6.07) is 4.27. The highest BCUT2D eigenvalue weighted by molar-refractivity contribution is 6.35. The van der Waals surface area contributed by atoms with Gasteiger partial charge in [0, 0.05) is 22.6 Å². The Morgan fingerprint density at radius 2 is 1.82 bits per heavy atom. The lowest BCUT2D eigenvalue weighted by molar-refractivity contribution is 0.0690. The number of nitrogen functional groups attached to an aromatic ring is 1. The molecule has 28 heavy (non-hydrogen) atoms. The zero-order valence-electron chi connectivity index (χ0n) is 15.2. The molecule has 9 heteroatoms. The summed E-state index contributed by atoms with van der Waals surface area (Å²) in [6.07, 6.45) is 1.42. The number of hydrogen-bond donors (Lipinski definition) is 2. The number of aromatic nitrogens is 2. The topological polar surface area (TPSA) is 98.2 Å². The van der Waals surface area contributed by atoms with Crippen molar-refractivity contribution in [1.82, 2.24) is 9.55 Å². The highest BCUT2D eigenvalue weighted by Gasteiger charge is 2.28. The Bertz CT molecular complexity index is 1150. The van der Waals surface area contributed by atoms with Gasteiger partial charge in [-0.15, -0.1) is 0 Å². The molecule has 0 amide bonds. The smallest absolute Gasteiger partial charge is 0.356 e. The zero-order valence-corrected chi connectivity index (χ0v) is 15.9. The van der Waals surface area contributed by atoms with Gasteiger partial charge in [-0.1, -0.05) is 38.4 Å². The molecule has 0 radical (unpaired) electrons. The Balaban J connectivity index is 2.34. The molecule has 0 fully saturated rings. The summed E-state index contributed by atoms with van der Waals surface area (Å²) in [5.74, 6) is -3.97. The van der Waals surface area contributed by atoms with Gasteiger partial charge in [0.05, 0.1) is 16.2 Å². The van der Waals surface area contributed by atoms with Crippen LogP contribution in [0.15, 0.2) is 24.4 Å². The molecule has 0 unspecified atom stereocenters. The number of fused-ring (bicyclic) bond motifs is 1. The number of rotatable bonds is 2. The van der Waals surface area contributed by atoms with Crippen LogP contribution < -0.4 is 5.73 Å². The summed E-state index contributed by atoms with van der Waals surface area (Å²) in [5.41, 5.74) is 2.40. The lowest BCUT2D eigenvalue weighted by Crippen LogP contribution is -2.26. The minimum absolute atomic E-state index is 0.0657. The summed E-state index contributed by atoms with van der Waals surface area (Å²) < 4.78 is 31.1. The lowest BCUT2D eigenvalue weighted by atomic mass is 9.95. The maximum atomic E-state index is 15.3. The number of carboxylic acid groups (broad SMARTS) is 1. The van der Waals surface area contributed by atoms with Crippen molar-refractivity contribution in [3.63, 3.8) is 0 Å². The lowest BCUT2D eigenvalue weighted by Gasteiger charge is -2.18. The third-order valence-corrected chi connectivity index (χ3v) is 4.60. The molecule has 146 valence electrons. The van der Waals surface area contributed by atoms with Crippen molar-refractivity contribution in [3.8, 4) is 11.3 Å². The standard InChI is InChI=1S/C19H16ClF2N3O3/c1-19(2,3)18(28)25-7-6-8-4-5-9(11(21)16(8)25)14-12(22)13(23)10(20)15(24-14)17(26)27/h4-7H,1-3H3,(H2,23,24)(H,26,27). The monoisotopic (exact) mass is 407 g/mol. The molecule has 0 aliphatic rings. The van der Waals surface area contributed by atoms with Crippen molar-refractivity contribution in [3.05, 3.63) is 46.7 Å². The van der Waals surface area contributed by atoms with Crippen LogP contribution in [0.1, 0.15) is 36.1 Å². The van der Waals surface area contributed by atoms with Gasteiger partial charge in [0.25, 0.3) is 0 Å². The van der Waals surface area contributed by atoms with E-state index in [1.807, 2.05) is 0 Å². The Kier molecular flexibility index (Phi) is 4.63. The molecule has 0 bridgehead atoms. The minimum Gasteiger partial charge on any atom is -0.476 e. The van der Waals surface area contributed by atoms with E-state index < -0.39 is 45.1 Å². The number of nitrogens with two attached hydrogens (primary N) is 1. The van der Waals surface area contributed by atoms with E-state index in [1.54, 1.807) is 26.8 Å². The van der Waals surface area contributed by atoms with E-state index in [4.69, 9.17) is 17.3 Å². The number of carbonyl (C=O) groups is 2. The van der Waals surface area contributed by atoms with Gasteiger partial charge < -0.3 is 10.8 Å². The zero-order chi connectivity index (χ0) is 21.0. The molecule has 1 aromatic carbocycles. The van der Waals surface area contributed by atoms with Crippen molar-refractivity contribution >= 4 is 40.1 Å². The van der Waals surface area contributed by atoms with Crippen LogP contribution in [0.25, 0.3) is 22.2 Å².